The molecular weight excluding hydrogens is 326 g/mol. The largest absolute Gasteiger partial charge is 0.383 e. The summed E-state index contributed by atoms with van der Waals surface area (Å²) in [4.78, 5) is 36.1. The predicted molar refractivity (Wildman–Crippen MR) is 89.4 cm³/mol. The zero-order valence-electron chi connectivity index (χ0n) is 13.3. The Morgan fingerprint density at radius 3 is 2.68 bits per heavy atom. The standard InChI is InChI=1S/C15H19N7O3/c16-12(24)8-1-3-9(4-2-8)18-5-10-6-19-13-11(22(10)7-23)14(25)21-15(17)20-13/h1-4,7,10,15,18-20H,5-6,17H2,(H2,16,24)(H,21,25)/t10-,15?/m1/s1. The zero-order chi connectivity index (χ0) is 18.0. The van der Waals surface area contributed by atoms with Crippen molar-refractivity contribution in [2.75, 3.05) is 18.4 Å². The van der Waals surface area contributed by atoms with Gasteiger partial charge in [-0.3, -0.25) is 20.1 Å². The van der Waals surface area contributed by atoms with Gasteiger partial charge in [0.15, 0.2) is 12.0 Å². The van der Waals surface area contributed by atoms with Crippen LogP contribution in [0.1, 0.15) is 10.4 Å². The van der Waals surface area contributed by atoms with Crippen LogP contribution in [0.3, 0.4) is 0 Å². The van der Waals surface area contributed by atoms with Gasteiger partial charge in [-0.2, -0.15) is 0 Å². The third kappa shape index (κ3) is 3.33. The van der Waals surface area contributed by atoms with Gasteiger partial charge in [-0.25, -0.2) is 0 Å². The SMILES string of the molecule is NC(=O)c1ccc(NC[C@@H]2CNC3=C(C(=O)NC(N)N3)N2C=O)cc1. The Bertz CT molecular complexity index is 731. The number of rotatable bonds is 5. The van der Waals surface area contributed by atoms with E-state index in [9.17, 15) is 14.4 Å². The van der Waals surface area contributed by atoms with Crippen molar-refractivity contribution in [3.63, 3.8) is 0 Å². The Morgan fingerprint density at radius 2 is 2.04 bits per heavy atom. The van der Waals surface area contributed by atoms with Crippen LogP contribution in [0.2, 0.25) is 0 Å². The number of nitrogens with one attached hydrogen (secondary N) is 4. The lowest BCUT2D eigenvalue weighted by Crippen LogP contribution is -2.64. The molecule has 0 aliphatic carbocycles. The third-order valence-electron chi connectivity index (χ3n) is 4.03. The molecule has 2 aliphatic heterocycles. The molecule has 3 amide bonds. The van der Waals surface area contributed by atoms with E-state index in [-0.39, 0.29) is 11.7 Å². The number of hydrogen-bond acceptors (Lipinski definition) is 7. The fourth-order valence-electron chi connectivity index (χ4n) is 2.76. The molecule has 0 radical (unpaired) electrons. The molecule has 0 aromatic heterocycles. The van der Waals surface area contributed by atoms with E-state index in [2.05, 4.69) is 21.3 Å². The smallest absolute Gasteiger partial charge is 0.274 e. The summed E-state index contributed by atoms with van der Waals surface area (Å²) in [6.45, 7) is 0.842. The Hall–Kier alpha value is -3.27. The molecular formula is C15H19N7O3. The molecule has 132 valence electrons. The summed E-state index contributed by atoms with van der Waals surface area (Å²) in [6, 6.07) is 6.39. The van der Waals surface area contributed by atoms with Gasteiger partial charge in [0.05, 0.1) is 6.04 Å². The number of amides is 3. The molecule has 1 unspecified atom stereocenters. The molecule has 10 heteroatoms. The molecule has 1 aromatic carbocycles. The fourth-order valence-corrected chi connectivity index (χ4v) is 2.76. The molecule has 2 atom stereocenters. The maximum Gasteiger partial charge on any atom is 0.274 e. The van der Waals surface area contributed by atoms with E-state index in [1.165, 1.54) is 4.90 Å². The first-order valence-electron chi connectivity index (χ1n) is 7.68. The monoisotopic (exact) mass is 345 g/mol. The third-order valence-corrected chi connectivity index (χ3v) is 4.03. The molecule has 2 heterocycles. The van der Waals surface area contributed by atoms with Crippen molar-refractivity contribution in [3.8, 4) is 0 Å². The van der Waals surface area contributed by atoms with Crippen molar-refractivity contribution in [2.24, 2.45) is 11.5 Å². The van der Waals surface area contributed by atoms with Crippen LogP contribution in [0.25, 0.3) is 0 Å². The molecule has 2 aliphatic rings. The average Bonchev–Trinajstić information content (AvgIpc) is 2.59. The minimum absolute atomic E-state index is 0.207. The molecule has 1 aromatic rings. The first-order chi connectivity index (χ1) is 12.0. The van der Waals surface area contributed by atoms with Crippen molar-refractivity contribution in [2.45, 2.75) is 12.3 Å². The number of benzene rings is 1. The molecule has 0 spiro atoms. The highest BCUT2D eigenvalue weighted by atomic mass is 16.2. The van der Waals surface area contributed by atoms with Gasteiger partial charge < -0.3 is 31.9 Å². The molecule has 10 nitrogen and oxygen atoms in total. The van der Waals surface area contributed by atoms with E-state index in [1.54, 1.807) is 24.3 Å². The average molecular weight is 345 g/mol. The highest BCUT2D eigenvalue weighted by Gasteiger charge is 2.36. The topological polar surface area (TPSA) is 155 Å². The van der Waals surface area contributed by atoms with Crippen LogP contribution in [-0.2, 0) is 9.59 Å². The van der Waals surface area contributed by atoms with Crippen molar-refractivity contribution in [3.05, 3.63) is 41.3 Å². The van der Waals surface area contributed by atoms with Crippen molar-refractivity contribution >= 4 is 23.9 Å². The van der Waals surface area contributed by atoms with E-state index < -0.39 is 18.1 Å². The van der Waals surface area contributed by atoms with Crippen LogP contribution in [-0.4, -0.2) is 48.5 Å². The minimum atomic E-state index is -0.703. The Morgan fingerprint density at radius 1 is 1.32 bits per heavy atom. The first-order valence-corrected chi connectivity index (χ1v) is 7.68. The van der Waals surface area contributed by atoms with Crippen LogP contribution in [0.5, 0.6) is 0 Å². The van der Waals surface area contributed by atoms with Crippen LogP contribution in [0, 0.1) is 0 Å². The van der Waals surface area contributed by atoms with Crippen LogP contribution < -0.4 is 32.7 Å². The summed E-state index contributed by atoms with van der Waals surface area (Å²) in [5, 5.41) is 11.6. The summed E-state index contributed by atoms with van der Waals surface area (Å²) < 4.78 is 0. The maximum absolute atomic E-state index is 12.1. The van der Waals surface area contributed by atoms with Gasteiger partial charge in [0, 0.05) is 24.3 Å². The van der Waals surface area contributed by atoms with E-state index in [0.29, 0.717) is 30.9 Å². The number of anilines is 1. The second-order valence-electron chi connectivity index (χ2n) is 5.69. The normalized spacial score (nSPS) is 22.3. The van der Waals surface area contributed by atoms with Crippen LogP contribution >= 0.6 is 0 Å². The summed E-state index contributed by atoms with van der Waals surface area (Å²) in [5.74, 6) is -0.481. The van der Waals surface area contributed by atoms with Gasteiger partial charge in [0.1, 0.15) is 5.82 Å². The molecule has 0 fully saturated rings. The zero-order valence-corrected chi connectivity index (χ0v) is 13.3. The first kappa shape index (κ1) is 16.6. The highest BCUT2D eigenvalue weighted by molar-refractivity contribution is 5.96. The molecule has 25 heavy (non-hydrogen) atoms. The maximum atomic E-state index is 12.1. The lowest BCUT2D eigenvalue weighted by Gasteiger charge is -2.40. The quantitative estimate of drug-likeness (QED) is 0.330. The predicted octanol–water partition coefficient (Wildman–Crippen LogP) is -2.24. The number of nitrogens with zero attached hydrogens (tertiary/aromatic N) is 1. The Balaban J connectivity index is 1.70. The number of nitrogens with two attached hydrogens (primary N) is 2. The van der Waals surface area contributed by atoms with Gasteiger partial charge >= 0.3 is 0 Å². The number of hydrogen-bond donors (Lipinski definition) is 6. The Labute approximate surface area is 143 Å². The van der Waals surface area contributed by atoms with Gasteiger partial charge in [-0.15, -0.1) is 0 Å². The number of carbonyl (C=O) groups excluding carboxylic acids is 3. The van der Waals surface area contributed by atoms with Crippen molar-refractivity contribution in [1.29, 1.82) is 0 Å². The molecule has 0 saturated heterocycles. The fraction of sp³-hybridized carbons (Fsp3) is 0.267. The molecule has 3 rings (SSSR count). The number of primary amides is 1. The summed E-state index contributed by atoms with van der Waals surface area (Å²) in [5.41, 5.74) is 12.2. The van der Waals surface area contributed by atoms with Gasteiger partial charge in [0.25, 0.3) is 5.91 Å². The van der Waals surface area contributed by atoms with Crippen LogP contribution in [0.4, 0.5) is 5.69 Å². The van der Waals surface area contributed by atoms with Gasteiger partial charge in [0.2, 0.25) is 12.3 Å². The van der Waals surface area contributed by atoms with E-state index in [4.69, 9.17) is 11.5 Å². The van der Waals surface area contributed by atoms with Gasteiger partial charge in [-0.1, -0.05) is 0 Å². The van der Waals surface area contributed by atoms with Crippen molar-refractivity contribution < 1.29 is 14.4 Å². The van der Waals surface area contributed by atoms with Crippen LogP contribution in [0.15, 0.2) is 35.8 Å². The summed E-state index contributed by atoms with van der Waals surface area (Å²) >= 11 is 0. The minimum Gasteiger partial charge on any atom is -0.383 e. The molecule has 8 N–H and O–H groups in total. The lowest BCUT2D eigenvalue weighted by atomic mass is 10.1. The van der Waals surface area contributed by atoms with Gasteiger partial charge in [-0.05, 0) is 24.3 Å². The molecule has 0 bridgehead atoms. The van der Waals surface area contributed by atoms with E-state index in [0.717, 1.165) is 5.69 Å². The number of carbonyl (C=O) groups is 3. The highest BCUT2D eigenvalue weighted by Crippen LogP contribution is 2.18. The lowest BCUT2D eigenvalue weighted by molar-refractivity contribution is -0.127. The van der Waals surface area contributed by atoms with E-state index >= 15 is 0 Å². The second kappa shape index (κ2) is 6.69. The Kier molecular flexibility index (Phi) is 4.44. The van der Waals surface area contributed by atoms with E-state index in [1.807, 2.05) is 0 Å². The summed E-state index contributed by atoms with van der Waals surface area (Å²) in [7, 11) is 0. The summed E-state index contributed by atoms with van der Waals surface area (Å²) in [6.07, 6.45) is -0.0812. The van der Waals surface area contributed by atoms with Crippen molar-refractivity contribution in [1.82, 2.24) is 20.9 Å². The second-order valence-corrected chi connectivity index (χ2v) is 5.69. The molecule has 0 saturated carbocycles.